The average molecular weight is 274 g/mol. The Morgan fingerprint density at radius 1 is 1.20 bits per heavy atom. The zero-order valence-corrected chi connectivity index (χ0v) is 12.2. The molecule has 3 rings (SSSR count). The molecule has 2 fully saturated rings. The maximum Gasteiger partial charge on any atom is 0.168 e. The van der Waals surface area contributed by atoms with Crippen molar-refractivity contribution in [2.75, 3.05) is 6.61 Å². The summed E-state index contributed by atoms with van der Waals surface area (Å²) < 4.78 is 19.9. The summed E-state index contributed by atoms with van der Waals surface area (Å²) >= 11 is 0. The summed E-state index contributed by atoms with van der Waals surface area (Å²) in [5, 5.41) is 0. The van der Waals surface area contributed by atoms with Crippen molar-refractivity contribution in [3.05, 3.63) is 35.2 Å². The summed E-state index contributed by atoms with van der Waals surface area (Å²) in [6.45, 7) is 2.50. The van der Waals surface area contributed by atoms with Crippen molar-refractivity contribution in [3.8, 4) is 5.75 Å². The van der Waals surface area contributed by atoms with Gasteiger partial charge < -0.3 is 4.74 Å². The minimum atomic E-state index is -0.194. The molecule has 1 nitrogen and oxygen atoms in total. The van der Waals surface area contributed by atoms with E-state index in [2.05, 4.69) is 12.2 Å². The smallest absolute Gasteiger partial charge is 0.168 e. The van der Waals surface area contributed by atoms with Crippen LogP contribution in [0.5, 0.6) is 5.75 Å². The van der Waals surface area contributed by atoms with E-state index in [9.17, 15) is 4.39 Å². The molecule has 1 aromatic rings. The second kappa shape index (κ2) is 5.99. The summed E-state index contributed by atoms with van der Waals surface area (Å²) in [6, 6.07) is 3.76. The van der Waals surface area contributed by atoms with E-state index in [-0.39, 0.29) is 5.82 Å². The fraction of sp³-hybridized carbons (Fsp3) is 0.556. The Bertz CT molecular complexity index is 498. The molecule has 2 saturated carbocycles. The van der Waals surface area contributed by atoms with Crippen molar-refractivity contribution in [1.29, 1.82) is 0 Å². The van der Waals surface area contributed by atoms with Crippen LogP contribution in [0.25, 0.3) is 6.08 Å². The molecular weight excluding hydrogens is 251 g/mol. The first-order valence-corrected chi connectivity index (χ1v) is 7.84. The molecule has 0 spiro atoms. The molecular formula is C18H23FO. The third-order valence-corrected chi connectivity index (χ3v) is 4.79. The van der Waals surface area contributed by atoms with Gasteiger partial charge in [0, 0.05) is 0 Å². The lowest BCUT2D eigenvalue weighted by atomic mass is 9.85. The molecule has 0 bridgehead atoms. The van der Waals surface area contributed by atoms with Gasteiger partial charge in [0.25, 0.3) is 0 Å². The molecule has 20 heavy (non-hydrogen) atoms. The van der Waals surface area contributed by atoms with Crippen LogP contribution in [0.3, 0.4) is 0 Å². The highest BCUT2D eigenvalue weighted by molar-refractivity contribution is 5.56. The van der Waals surface area contributed by atoms with Crippen molar-refractivity contribution in [2.45, 2.75) is 45.4 Å². The zero-order valence-electron chi connectivity index (χ0n) is 12.2. The maximum absolute atomic E-state index is 14.3. The fourth-order valence-corrected chi connectivity index (χ4v) is 2.71. The van der Waals surface area contributed by atoms with Crippen LogP contribution in [-0.2, 0) is 0 Å². The predicted octanol–water partition coefficient (Wildman–Crippen LogP) is 5.13. The number of ether oxygens (including phenoxy) is 1. The van der Waals surface area contributed by atoms with Gasteiger partial charge in [0.2, 0.25) is 0 Å². The molecule has 108 valence electrons. The Labute approximate surface area is 120 Å². The Balaban J connectivity index is 1.66. The number of rotatable bonds is 5. The van der Waals surface area contributed by atoms with Crippen LogP contribution in [0, 0.1) is 24.6 Å². The summed E-state index contributed by atoms with van der Waals surface area (Å²) in [5.74, 6) is 1.55. The molecule has 2 aliphatic carbocycles. The largest absolute Gasteiger partial charge is 0.490 e. The van der Waals surface area contributed by atoms with Crippen molar-refractivity contribution in [2.24, 2.45) is 11.8 Å². The van der Waals surface area contributed by atoms with Gasteiger partial charge in [-0.1, -0.05) is 31.1 Å². The first kappa shape index (κ1) is 13.7. The summed E-state index contributed by atoms with van der Waals surface area (Å²) in [4.78, 5) is 0. The normalized spacial score (nSPS) is 19.9. The fourth-order valence-electron chi connectivity index (χ4n) is 2.71. The number of hydrogen-bond donors (Lipinski definition) is 0. The minimum Gasteiger partial charge on any atom is -0.490 e. The quantitative estimate of drug-likeness (QED) is 0.723. The van der Waals surface area contributed by atoms with Gasteiger partial charge in [0.15, 0.2) is 11.6 Å². The van der Waals surface area contributed by atoms with Crippen molar-refractivity contribution < 1.29 is 9.13 Å². The zero-order chi connectivity index (χ0) is 13.9. The van der Waals surface area contributed by atoms with Crippen molar-refractivity contribution in [1.82, 2.24) is 0 Å². The Morgan fingerprint density at radius 2 is 1.95 bits per heavy atom. The molecule has 0 N–H and O–H groups in total. The lowest BCUT2D eigenvalue weighted by molar-refractivity contribution is 0.175. The number of hydrogen-bond acceptors (Lipinski definition) is 1. The highest BCUT2D eigenvalue weighted by atomic mass is 19.1. The third kappa shape index (κ3) is 2.89. The van der Waals surface area contributed by atoms with Crippen LogP contribution in [-0.4, -0.2) is 6.61 Å². The predicted molar refractivity (Wildman–Crippen MR) is 80.3 cm³/mol. The standard InChI is InChI=1S/C18H23FO/c1-13-16(9-8-14-4-2-5-14)10-11-17(18(13)19)20-12-15-6-3-7-15/h8-11,14-15H,2-7,12H2,1H3/b9-8+. The molecule has 0 saturated heterocycles. The molecule has 2 heteroatoms. The van der Waals surface area contributed by atoms with Crippen LogP contribution in [0.1, 0.15) is 49.7 Å². The van der Waals surface area contributed by atoms with Crippen LogP contribution in [0.15, 0.2) is 18.2 Å². The van der Waals surface area contributed by atoms with Crippen molar-refractivity contribution >= 4 is 6.08 Å². The summed E-state index contributed by atoms with van der Waals surface area (Å²) in [7, 11) is 0. The highest BCUT2D eigenvalue weighted by Gasteiger charge is 2.19. The summed E-state index contributed by atoms with van der Waals surface area (Å²) in [6.07, 6.45) is 11.9. The lowest BCUT2D eigenvalue weighted by Gasteiger charge is -2.25. The van der Waals surface area contributed by atoms with E-state index >= 15 is 0 Å². The van der Waals surface area contributed by atoms with E-state index in [0.717, 1.165) is 5.56 Å². The average Bonchev–Trinajstić information content (AvgIpc) is 2.33. The first-order valence-electron chi connectivity index (χ1n) is 7.84. The molecule has 0 radical (unpaired) electrons. The van der Waals surface area contributed by atoms with E-state index in [1.165, 1.54) is 38.5 Å². The van der Waals surface area contributed by atoms with E-state index < -0.39 is 0 Å². The monoisotopic (exact) mass is 274 g/mol. The van der Waals surface area contributed by atoms with E-state index in [0.29, 0.717) is 29.8 Å². The minimum absolute atomic E-state index is 0.194. The molecule has 0 unspecified atom stereocenters. The first-order chi connectivity index (χ1) is 9.74. The van der Waals surface area contributed by atoms with Crippen LogP contribution >= 0.6 is 0 Å². The van der Waals surface area contributed by atoms with Gasteiger partial charge in [-0.15, -0.1) is 0 Å². The molecule has 0 aliphatic heterocycles. The van der Waals surface area contributed by atoms with Gasteiger partial charge >= 0.3 is 0 Å². The van der Waals surface area contributed by atoms with Gasteiger partial charge in [0.05, 0.1) is 6.61 Å². The van der Waals surface area contributed by atoms with E-state index in [1.807, 2.05) is 13.0 Å². The number of halogens is 1. The Hall–Kier alpha value is -1.31. The lowest BCUT2D eigenvalue weighted by Crippen LogP contribution is -2.19. The van der Waals surface area contributed by atoms with E-state index in [4.69, 9.17) is 4.74 Å². The Morgan fingerprint density at radius 3 is 2.55 bits per heavy atom. The van der Waals surface area contributed by atoms with Gasteiger partial charge in [0.1, 0.15) is 0 Å². The van der Waals surface area contributed by atoms with Gasteiger partial charge in [-0.2, -0.15) is 0 Å². The van der Waals surface area contributed by atoms with Crippen LogP contribution in [0.4, 0.5) is 4.39 Å². The van der Waals surface area contributed by atoms with Gasteiger partial charge in [-0.25, -0.2) is 4.39 Å². The number of allylic oxidation sites excluding steroid dienone is 1. The van der Waals surface area contributed by atoms with Crippen LogP contribution in [0.2, 0.25) is 0 Å². The molecule has 0 amide bonds. The van der Waals surface area contributed by atoms with E-state index in [1.54, 1.807) is 6.07 Å². The molecule has 2 aliphatic rings. The highest BCUT2D eigenvalue weighted by Crippen LogP contribution is 2.31. The number of benzene rings is 1. The topological polar surface area (TPSA) is 9.23 Å². The third-order valence-electron chi connectivity index (χ3n) is 4.79. The second-order valence-corrected chi connectivity index (χ2v) is 6.25. The molecule has 0 aromatic heterocycles. The molecule has 1 aromatic carbocycles. The summed E-state index contributed by atoms with van der Waals surface area (Å²) in [5.41, 5.74) is 1.68. The van der Waals surface area contributed by atoms with Gasteiger partial charge in [-0.05, 0) is 61.6 Å². The SMILES string of the molecule is Cc1c(/C=C/C2CCC2)ccc(OCC2CCC2)c1F. The van der Waals surface area contributed by atoms with Crippen molar-refractivity contribution in [3.63, 3.8) is 0 Å². The molecule has 0 atom stereocenters. The van der Waals surface area contributed by atoms with Crippen LogP contribution < -0.4 is 4.74 Å². The Kier molecular flexibility index (Phi) is 4.09. The molecule has 0 heterocycles. The maximum atomic E-state index is 14.3. The van der Waals surface area contributed by atoms with Gasteiger partial charge in [-0.3, -0.25) is 0 Å². The second-order valence-electron chi connectivity index (χ2n) is 6.25.